The molecule has 2 rings (SSSR count). The number of alkyl halides is 2. The molecular formula is C17H23F2N3O2. The Morgan fingerprint density at radius 2 is 1.88 bits per heavy atom. The Balaban J connectivity index is 1.94. The Kier molecular flexibility index (Phi) is 6.11. The van der Waals surface area contributed by atoms with Gasteiger partial charge in [-0.2, -0.15) is 0 Å². The van der Waals surface area contributed by atoms with Crippen LogP contribution in [0.15, 0.2) is 24.3 Å². The molecule has 0 heterocycles. The number of rotatable bonds is 7. The lowest BCUT2D eigenvalue weighted by Crippen LogP contribution is -2.44. The summed E-state index contributed by atoms with van der Waals surface area (Å²) in [4.78, 5) is 24.8. The smallest absolute Gasteiger partial charge is 0.318 e. The van der Waals surface area contributed by atoms with Gasteiger partial charge in [0.2, 0.25) is 5.91 Å². The number of benzene rings is 1. The predicted molar refractivity (Wildman–Crippen MR) is 88.0 cm³/mol. The quantitative estimate of drug-likeness (QED) is 0.798. The zero-order valence-electron chi connectivity index (χ0n) is 13.9. The molecule has 1 atom stereocenters. The fraction of sp³-hybridized carbons (Fsp3) is 0.529. The normalized spacial score (nSPS) is 15.0. The van der Waals surface area contributed by atoms with Gasteiger partial charge in [-0.15, -0.1) is 0 Å². The van der Waals surface area contributed by atoms with Gasteiger partial charge in [-0.25, -0.2) is 13.6 Å². The number of hydrogen-bond acceptors (Lipinski definition) is 2. The van der Waals surface area contributed by atoms with Gasteiger partial charge >= 0.3 is 6.03 Å². The summed E-state index contributed by atoms with van der Waals surface area (Å²) in [6.45, 7) is 3.03. The molecule has 1 saturated carbocycles. The lowest BCUT2D eigenvalue weighted by molar-refractivity contribution is -0.115. The van der Waals surface area contributed by atoms with Gasteiger partial charge in [0.05, 0.1) is 12.6 Å². The molecule has 1 fully saturated rings. The maximum atomic E-state index is 12.6. The molecular weight excluding hydrogens is 316 g/mol. The molecule has 2 N–H and O–H groups in total. The molecule has 5 nitrogen and oxygen atoms in total. The van der Waals surface area contributed by atoms with Crippen LogP contribution in [0.25, 0.3) is 0 Å². The Morgan fingerprint density at radius 3 is 2.38 bits per heavy atom. The van der Waals surface area contributed by atoms with Crippen molar-refractivity contribution in [1.82, 2.24) is 10.2 Å². The molecule has 0 spiro atoms. The summed E-state index contributed by atoms with van der Waals surface area (Å²) in [7, 11) is 0. The van der Waals surface area contributed by atoms with Gasteiger partial charge < -0.3 is 15.5 Å². The second-order valence-corrected chi connectivity index (χ2v) is 5.97. The van der Waals surface area contributed by atoms with Crippen LogP contribution in [0.2, 0.25) is 0 Å². The van der Waals surface area contributed by atoms with Crippen molar-refractivity contribution in [3.05, 3.63) is 29.8 Å². The first-order valence-electron chi connectivity index (χ1n) is 8.15. The highest BCUT2D eigenvalue weighted by atomic mass is 19.3. The molecule has 0 saturated heterocycles. The van der Waals surface area contributed by atoms with Gasteiger partial charge in [0, 0.05) is 18.2 Å². The zero-order valence-corrected chi connectivity index (χ0v) is 13.9. The highest BCUT2D eigenvalue weighted by Crippen LogP contribution is 2.28. The van der Waals surface area contributed by atoms with E-state index in [1.807, 2.05) is 0 Å². The fourth-order valence-corrected chi connectivity index (χ4v) is 2.39. The minimum Gasteiger partial charge on any atom is -0.331 e. The predicted octanol–water partition coefficient (Wildman–Crippen LogP) is 3.54. The van der Waals surface area contributed by atoms with Crippen molar-refractivity contribution >= 4 is 17.6 Å². The van der Waals surface area contributed by atoms with E-state index in [2.05, 4.69) is 10.6 Å². The van der Waals surface area contributed by atoms with Crippen molar-refractivity contribution in [3.8, 4) is 0 Å². The summed E-state index contributed by atoms with van der Waals surface area (Å²) < 4.78 is 25.2. The lowest BCUT2D eigenvalue weighted by atomic mass is 10.1. The number of anilines is 1. The highest BCUT2D eigenvalue weighted by molar-refractivity contribution is 5.90. The maximum Gasteiger partial charge on any atom is 0.318 e. The highest BCUT2D eigenvalue weighted by Gasteiger charge is 2.34. The van der Waals surface area contributed by atoms with E-state index in [0.717, 1.165) is 18.4 Å². The van der Waals surface area contributed by atoms with Crippen LogP contribution < -0.4 is 10.6 Å². The number of amides is 3. The van der Waals surface area contributed by atoms with E-state index in [1.165, 1.54) is 4.90 Å². The molecule has 0 bridgehead atoms. The van der Waals surface area contributed by atoms with Crippen molar-refractivity contribution in [2.45, 2.75) is 51.6 Å². The molecule has 7 heteroatoms. The van der Waals surface area contributed by atoms with E-state index in [9.17, 15) is 18.4 Å². The molecule has 0 radical (unpaired) electrons. The van der Waals surface area contributed by atoms with E-state index in [-0.39, 0.29) is 18.0 Å². The molecule has 0 aromatic heterocycles. The molecule has 1 aliphatic carbocycles. The Hall–Kier alpha value is -2.18. The van der Waals surface area contributed by atoms with E-state index in [1.54, 1.807) is 38.1 Å². The molecule has 3 amide bonds. The first-order valence-corrected chi connectivity index (χ1v) is 8.15. The van der Waals surface area contributed by atoms with Crippen LogP contribution in [0.1, 0.15) is 44.7 Å². The number of hydrogen-bond donors (Lipinski definition) is 2. The molecule has 132 valence electrons. The third kappa shape index (κ3) is 5.18. The summed E-state index contributed by atoms with van der Waals surface area (Å²) >= 11 is 0. The number of nitrogens with zero attached hydrogens (tertiary/aromatic N) is 1. The SMILES string of the molecule is CCC(=O)Nc1ccc([C@H](C)NC(=O)N(CC(F)F)C2CC2)cc1. The minimum atomic E-state index is -2.53. The van der Waals surface area contributed by atoms with Crippen LogP contribution in [-0.4, -0.2) is 35.9 Å². The first kappa shape index (κ1) is 18.2. The Bertz CT molecular complexity index is 574. The molecule has 0 unspecified atom stereocenters. The van der Waals surface area contributed by atoms with E-state index in [4.69, 9.17) is 0 Å². The summed E-state index contributed by atoms with van der Waals surface area (Å²) in [5, 5.41) is 5.50. The molecule has 0 aliphatic heterocycles. The fourth-order valence-electron chi connectivity index (χ4n) is 2.39. The Morgan fingerprint density at radius 1 is 1.25 bits per heavy atom. The molecule has 24 heavy (non-hydrogen) atoms. The van der Waals surface area contributed by atoms with Gasteiger partial charge in [-0.1, -0.05) is 19.1 Å². The molecule has 1 aliphatic rings. The Labute approximate surface area is 140 Å². The van der Waals surface area contributed by atoms with Crippen molar-refractivity contribution in [2.24, 2.45) is 0 Å². The standard InChI is InChI=1S/C17H23F2N3O2/c1-3-16(23)21-13-6-4-12(5-7-13)11(2)20-17(24)22(10-15(18)19)14-8-9-14/h4-7,11,14-15H,3,8-10H2,1-2H3,(H,20,24)(H,21,23)/t11-/m0/s1. The van der Waals surface area contributed by atoms with Gasteiger partial charge in [-0.05, 0) is 37.5 Å². The average molecular weight is 339 g/mol. The van der Waals surface area contributed by atoms with Crippen LogP contribution >= 0.6 is 0 Å². The largest absolute Gasteiger partial charge is 0.331 e. The second-order valence-electron chi connectivity index (χ2n) is 5.97. The number of nitrogens with one attached hydrogen (secondary N) is 2. The van der Waals surface area contributed by atoms with E-state index >= 15 is 0 Å². The number of urea groups is 1. The van der Waals surface area contributed by atoms with Crippen molar-refractivity contribution in [2.75, 3.05) is 11.9 Å². The van der Waals surface area contributed by atoms with Crippen LogP contribution in [0.5, 0.6) is 0 Å². The topological polar surface area (TPSA) is 61.4 Å². The van der Waals surface area contributed by atoms with Crippen LogP contribution in [-0.2, 0) is 4.79 Å². The summed E-state index contributed by atoms with van der Waals surface area (Å²) in [5.74, 6) is -0.0730. The number of carbonyl (C=O) groups is 2. The molecule has 1 aromatic carbocycles. The van der Waals surface area contributed by atoms with Crippen molar-refractivity contribution < 1.29 is 18.4 Å². The average Bonchev–Trinajstić information content (AvgIpc) is 3.37. The summed E-state index contributed by atoms with van der Waals surface area (Å²) in [6.07, 6.45) is -0.580. The first-order chi connectivity index (χ1) is 11.4. The lowest BCUT2D eigenvalue weighted by Gasteiger charge is -2.25. The van der Waals surface area contributed by atoms with Crippen molar-refractivity contribution in [3.63, 3.8) is 0 Å². The monoisotopic (exact) mass is 339 g/mol. The number of halogens is 2. The van der Waals surface area contributed by atoms with Gasteiger partial charge in [0.1, 0.15) is 0 Å². The van der Waals surface area contributed by atoms with Crippen LogP contribution in [0, 0.1) is 0 Å². The van der Waals surface area contributed by atoms with Crippen LogP contribution in [0.3, 0.4) is 0 Å². The summed E-state index contributed by atoms with van der Waals surface area (Å²) in [5.41, 5.74) is 1.52. The molecule has 1 aromatic rings. The van der Waals surface area contributed by atoms with Gasteiger partial charge in [0.25, 0.3) is 6.43 Å². The second kappa shape index (κ2) is 8.08. The third-order valence-corrected chi connectivity index (χ3v) is 3.94. The zero-order chi connectivity index (χ0) is 17.7. The number of carbonyl (C=O) groups excluding carboxylic acids is 2. The van der Waals surface area contributed by atoms with Gasteiger partial charge in [-0.3, -0.25) is 4.79 Å². The van der Waals surface area contributed by atoms with E-state index in [0.29, 0.717) is 12.1 Å². The summed E-state index contributed by atoms with van der Waals surface area (Å²) in [6, 6.07) is 6.25. The van der Waals surface area contributed by atoms with Gasteiger partial charge in [0.15, 0.2) is 0 Å². The van der Waals surface area contributed by atoms with E-state index < -0.39 is 19.0 Å². The maximum absolute atomic E-state index is 12.6. The van der Waals surface area contributed by atoms with Crippen LogP contribution in [0.4, 0.5) is 19.3 Å². The minimum absolute atomic E-state index is 0.0715. The third-order valence-electron chi connectivity index (χ3n) is 3.94. The van der Waals surface area contributed by atoms with Crippen molar-refractivity contribution in [1.29, 1.82) is 0 Å².